The molecule has 0 aromatic carbocycles. The van der Waals surface area contributed by atoms with Gasteiger partial charge in [-0.1, -0.05) is 23.2 Å². The summed E-state index contributed by atoms with van der Waals surface area (Å²) in [5, 5.41) is 0. The molecule has 0 amide bonds. The molecule has 0 spiro atoms. The average molecular weight is 318 g/mol. The van der Waals surface area contributed by atoms with Crippen LogP contribution in [0.5, 0.6) is 5.75 Å². The normalized spacial score (nSPS) is 12.4. The number of halogens is 2. The summed E-state index contributed by atoms with van der Waals surface area (Å²) in [5.74, 6) is 6.32. The molecule has 0 bridgehead atoms. The van der Waals surface area contributed by atoms with Crippen molar-refractivity contribution in [2.45, 2.75) is 13.0 Å². The Bertz CT molecular complexity index is 562. The molecule has 2 aromatic heterocycles. The number of nitrogens with zero attached hydrogens (tertiary/aromatic N) is 1. The highest BCUT2D eigenvalue weighted by Gasteiger charge is 2.19. The van der Waals surface area contributed by atoms with Gasteiger partial charge in [0.05, 0.1) is 27.5 Å². The van der Waals surface area contributed by atoms with E-state index in [2.05, 4.69) is 10.4 Å². The van der Waals surface area contributed by atoms with Crippen LogP contribution < -0.4 is 16.0 Å². The average Bonchev–Trinajstić information content (AvgIpc) is 2.71. The molecule has 0 fully saturated rings. The van der Waals surface area contributed by atoms with Crippen LogP contribution >= 0.6 is 34.5 Å². The quantitative estimate of drug-likeness (QED) is 0.655. The smallest absolute Gasteiger partial charge is 0.137 e. The highest BCUT2D eigenvalue weighted by molar-refractivity contribution is 7.20. The summed E-state index contributed by atoms with van der Waals surface area (Å²) in [7, 11) is 0. The maximum atomic E-state index is 6.16. The largest absolute Gasteiger partial charge is 0.492 e. The molecule has 7 heteroatoms. The molecule has 1 unspecified atom stereocenters. The van der Waals surface area contributed by atoms with Gasteiger partial charge in [0.25, 0.3) is 0 Å². The van der Waals surface area contributed by atoms with Crippen molar-refractivity contribution in [2.24, 2.45) is 5.84 Å². The second kappa shape index (κ2) is 6.54. The predicted molar refractivity (Wildman–Crippen MR) is 78.9 cm³/mol. The van der Waals surface area contributed by atoms with Gasteiger partial charge in [-0.05, 0) is 24.6 Å². The molecule has 3 N–H and O–H groups in total. The Balaban J connectivity index is 2.36. The minimum atomic E-state index is -0.274. The van der Waals surface area contributed by atoms with Crippen molar-refractivity contribution in [3.8, 4) is 5.75 Å². The standard InChI is InChI=1S/C12H13Cl2N3OS/c1-2-18-8-3-7(5-16-6-8)11(17-15)9-4-10(13)19-12(9)14/h3-6,11,17H,2,15H2,1H3. The fraction of sp³-hybridized carbons (Fsp3) is 0.250. The van der Waals surface area contributed by atoms with Crippen molar-refractivity contribution in [3.05, 3.63) is 44.3 Å². The number of nitrogens with one attached hydrogen (secondary N) is 1. The van der Waals surface area contributed by atoms with Gasteiger partial charge < -0.3 is 4.74 Å². The van der Waals surface area contributed by atoms with Crippen molar-refractivity contribution >= 4 is 34.5 Å². The summed E-state index contributed by atoms with van der Waals surface area (Å²) in [4.78, 5) is 4.14. The first-order valence-corrected chi connectivity index (χ1v) is 7.21. The van der Waals surface area contributed by atoms with Crippen LogP contribution in [0.25, 0.3) is 0 Å². The summed E-state index contributed by atoms with van der Waals surface area (Å²) >= 11 is 13.4. The third-order valence-electron chi connectivity index (χ3n) is 2.54. The van der Waals surface area contributed by atoms with E-state index in [4.69, 9.17) is 33.8 Å². The lowest BCUT2D eigenvalue weighted by Crippen LogP contribution is -2.28. The van der Waals surface area contributed by atoms with E-state index in [-0.39, 0.29) is 6.04 Å². The molecule has 4 nitrogen and oxygen atoms in total. The first-order valence-electron chi connectivity index (χ1n) is 5.64. The molecule has 102 valence electrons. The van der Waals surface area contributed by atoms with Crippen LogP contribution in [0.1, 0.15) is 24.1 Å². The van der Waals surface area contributed by atoms with Crippen molar-refractivity contribution in [2.75, 3.05) is 6.61 Å². The number of hydrogen-bond acceptors (Lipinski definition) is 5. The fourth-order valence-electron chi connectivity index (χ4n) is 1.75. The zero-order valence-electron chi connectivity index (χ0n) is 10.2. The number of rotatable bonds is 5. The van der Waals surface area contributed by atoms with Gasteiger partial charge in [-0.15, -0.1) is 11.3 Å². The lowest BCUT2D eigenvalue weighted by molar-refractivity contribution is 0.338. The number of ether oxygens (including phenoxy) is 1. The van der Waals surface area contributed by atoms with Crippen LogP contribution in [-0.4, -0.2) is 11.6 Å². The molecular weight excluding hydrogens is 305 g/mol. The van der Waals surface area contributed by atoms with E-state index in [0.29, 0.717) is 21.0 Å². The summed E-state index contributed by atoms with van der Waals surface area (Å²) in [6.45, 7) is 2.50. The van der Waals surface area contributed by atoms with Gasteiger partial charge in [0.15, 0.2) is 0 Å². The zero-order chi connectivity index (χ0) is 13.8. The van der Waals surface area contributed by atoms with E-state index in [1.165, 1.54) is 11.3 Å². The van der Waals surface area contributed by atoms with Crippen LogP contribution in [0.15, 0.2) is 24.5 Å². The van der Waals surface area contributed by atoms with Crippen LogP contribution in [0, 0.1) is 0 Å². The summed E-state index contributed by atoms with van der Waals surface area (Å²) < 4.78 is 6.65. The van der Waals surface area contributed by atoms with E-state index in [9.17, 15) is 0 Å². The van der Waals surface area contributed by atoms with E-state index >= 15 is 0 Å². The Morgan fingerprint density at radius 3 is 2.79 bits per heavy atom. The lowest BCUT2D eigenvalue weighted by Gasteiger charge is -2.16. The van der Waals surface area contributed by atoms with Gasteiger partial charge in [-0.2, -0.15) is 0 Å². The topological polar surface area (TPSA) is 60.2 Å². The van der Waals surface area contributed by atoms with Gasteiger partial charge in [0.2, 0.25) is 0 Å². The minimum absolute atomic E-state index is 0.274. The molecule has 0 aliphatic rings. The Labute approximate surface area is 125 Å². The van der Waals surface area contributed by atoms with E-state index < -0.39 is 0 Å². The van der Waals surface area contributed by atoms with E-state index in [1.807, 2.05) is 13.0 Å². The van der Waals surface area contributed by atoms with Crippen molar-refractivity contribution in [1.82, 2.24) is 10.4 Å². The molecule has 0 aliphatic carbocycles. The van der Waals surface area contributed by atoms with Gasteiger partial charge in [-0.25, -0.2) is 5.43 Å². The number of pyridine rings is 1. The second-order valence-corrected chi connectivity index (χ2v) is 6.05. The van der Waals surface area contributed by atoms with Gasteiger partial charge in [0, 0.05) is 11.8 Å². The Morgan fingerprint density at radius 2 is 2.21 bits per heavy atom. The number of hydrogen-bond donors (Lipinski definition) is 2. The first kappa shape index (κ1) is 14.6. The maximum absolute atomic E-state index is 6.16. The van der Waals surface area contributed by atoms with Crippen LogP contribution in [0.2, 0.25) is 8.67 Å². The molecule has 1 atom stereocenters. The van der Waals surface area contributed by atoms with Gasteiger partial charge in [-0.3, -0.25) is 10.8 Å². The number of aromatic nitrogens is 1. The molecule has 19 heavy (non-hydrogen) atoms. The van der Waals surface area contributed by atoms with Crippen LogP contribution in [-0.2, 0) is 0 Å². The number of nitrogens with two attached hydrogens (primary N) is 1. The summed E-state index contributed by atoms with van der Waals surface area (Å²) in [5.41, 5.74) is 4.42. The molecule has 0 radical (unpaired) electrons. The Kier molecular flexibility index (Phi) is 5.01. The van der Waals surface area contributed by atoms with E-state index in [1.54, 1.807) is 18.5 Å². The third-order valence-corrected chi connectivity index (χ3v) is 4.06. The third kappa shape index (κ3) is 3.38. The summed E-state index contributed by atoms with van der Waals surface area (Å²) in [6, 6.07) is 3.40. The highest BCUT2D eigenvalue weighted by Crippen LogP contribution is 2.37. The van der Waals surface area contributed by atoms with Crippen molar-refractivity contribution < 1.29 is 4.74 Å². The molecule has 2 aromatic rings. The molecule has 2 rings (SSSR count). The predicted octanol–water partition coefficient (Wildman–Crippen LogP) is 3.40. The highest BCUT2D eigenvalue weighted by atomic mass is 35.5. The molecule has 0 aliphatic heterocycles. The fourth-order valence-corrected chi connectivity index (χ4v) is 3.29. The van der Waals surface area contributed by atoms with Crippen LogP contribution in [0.4, 0.5) is 0 Å². The maximum Gasteiger partial charge on any atom is 0.137 e. The second-order valence-electron chi connectivity index (χ2n) is 3.77. The molecule has 0 saturated heterocycles. The Morgan fingerprint density at radius 1 is 1.42 bits per heavy atom. The zero-order valence-corrected chi connectivity index (χ0v) is 12.5. The molecular formula is C12H13Cl2N3OS. The SMILES string of the molecule is CCOc1cncc(C(NN)c2cc(Cl)sc2Cl)c1. The molecule has 0 saturated carbocycles. The Hall–Kier alpha value is -0.850. The number of thiophene rings is 1. The first-order chi connectivity index (χ1) is 9.15. The minimum Gasteiger partial charge on any atom is -0.492 e. The van der Waals surface area contributed by atoms with Crippen LogP contribution in [0.3, 0.4) is 0 Å². The monoisotopic (exact) mass is 317 g/mol. The summed E-state index contributed by atoms with van der Waals surface area (Å²) in [6.07, 6.45) is 3.37. The molecule has 2 heterocycles. The van der Waals surface area contributed by atoms with Crippen molar-refractivity contribution in [1.29, 1.82) is 0 Å². The lowest BCUT2D eigenvalue weighted by atomic mass is 10.0. The number of hydrazine groups is 1. The van der Waals surface area contributed by atoms with Gasteiger partial charge in [0.1, 0.15) is 5.75 Å². The van der Waals surface area contributed by atoms with Gasteiger partial charge >= 0.3 is 0 Å². The van der Waals surface area contributed by atoms with E-state index in [0.717, 1.165) is 11.1 Å². The van der Waals surface area contributed by atoms with Crippen molar-refractivity contribution in [3.63, 3.8) is 0 Å².